The van der Waals surface area contributed by atoms with E-state index in [-0.39, 0.29) is 6.04 Å². The van der Waals surface area contributed by atoms with E-state index in [0.717, 1.165) is 25.7 Å². The standard InChI is InChI=1S/C15H22N2O3S/c1-17(13-8-11-6-7-12(9-13)16-11)21(18,19)15-5-3-4-14(10-15)20-2/h3-5,10-13,16H,6-9H2,1-2H3. The van der Waals surface area contributed by atoms with Gasteiger partial charge in [-0.1, -0.05) is 6.07 Å². The second kappa shape index (κ2) is 5.59. The number of fused-ring (bicyclic) bond motifs is 2. The summed E-state index contributed by atoms with van der Waals surface area (Å²) in [5.74, 6) is 0.565. The van der Waals surface area contributed by atoms with Crippen LogP contribution in [0.15, 0.2) is 29.2 Å². The predicted octanol–water partition coefficient (Wildman–Crippen LogP) is 1.60. The van der Waals surface area contributed by atoms with E-state index in [1.807, 2.05) is 0 Å². The van der Waals surface area contributed by atoms with Crippen molar-refractivity contribution in [2.75, 3.05) is 14.2 Å². The van der Waals surface area contributed by atoms with Crippen molar-refractivity contribution in [1.29, 1.82) is 0 Å². The molecule has 0 amide bonds. The van der Waals surface area contributed by atoms with Crippen molar-refractivity contribution in [2.24, 2.45) is 0 Å². The van der Waals surface area contributed by atoms with Crippen molar-refractivity contribution in [3.05, 3.63) is 24.3 Å². The molecule has 2 bridgehead atoms. The molecule has 2 saturated heterocycles. The van der Waals surface area contributed by atoms with Gasteiger partial charge in [0.05, 0.1) is 12.0 Å². The topological polar surface area (TPSA) is 58.6 Å². The fourth-order valence-corrected chi connectivity index (χ4v) is 4.86. The van der Waals surface area contributed by atoms with Gasteiger partial charge >= 0.3 is 0 Å². The molecule has 3 rings (SSSR count). The third-order valence-corrected chi connectivity index (χ3v) is 6.59. The predicted molar refractivity (Wildman–Crippen MR) is 80.9 cm³/mol. The molecule has 2 unspecified atom stereocenters. The second-order valence-electron chi connectivity index (χ2n) is 5.96. The molecule has 1 N–H and O–H groups in total. The number of nitrogens with zero attached hydrogens (tertiary/aromatic N) is 1. The van der Waals surface area contributed by atoms with Gasteiger partial charge in [0.2, 0.25) is 10.0 Å². The summed E-state index contributed by atoms with van der Waals surface area (Å²) in [6.45, 7) is 0. The number of hydrogen-bond donors (Lipinski definition) is 1. The first-order valence-electron chi connectivity index (χ1n) is 7.39. The highest BCUT2D eigenvalue weighted by atomic mass is 32.2. The molecule has 1 aromatic carbocycles. The van der Waals surface area contributed by atoms with E-state index in [4.69, 9.17) is 4.74 Å². The number of benzene rings is 1. The minimum Gasteiger partial charge on any atom is -0.497 e. The molecule has 0 aliphatic carbocycles. The van der Waals surface area contributed by atoms with E-state index in [2.05, 4.69) is 5.32 Å². The highest BCUT2D eigenvalue weighted by Gasteiger charge is 2.38. The molecule has 2 aliphatic rings. The van der Waals surface area contributed by atoms with Gasteiger partial charge in [-0.3, -0.25) is 0 Å². The Balaban J connectivity index is 1.83. The highest BCUT2D eigenvalue weighted by Crippen LogP contribution is 2.32. The van der Waals surface area contributed by atoms with Gasteiger partial charge in [-0.15, -0.1) is 0 Å². The lowest BCUT2D eigenvalue weighted by Gasteiger charge is -2.34. The van der Waals surface area contributed by atoms with E-state index in [1.165, 1.54) is 0 Å². The van der Waals surface area contributed by atoms with Crippen LogP contribution in [0.1, 0.15) is 25.7 Å². The van der Waals surface area contributed by atoms with Crippen molar-refractivity contribution in [3.63, 3.8) is 0 Å². The van der Waals surface area contributed by atoms with Crippen LogP contribution >= 0.6 is 0 Å². The Labute approximate surface area is 126 Å². The molecule has 0 saturated carbocycles. The van der Waals surface area contributed by atoms with Crippen molar-refractivity contribution in [3.8, 4) is 5.75 Å². The average Bonchev–Trinajstić information content (AvgIpc) is 2.84. The Morgan fingerprint density at radius 2 is 1.90 bits per heavy atom. The molecule has 2 heterocycles. The zero-order valence-electron chi connectivity index (χ0n) is 12.5. The fraction of sp³-hybridized carbons (Fsp3) is 0.600. The van der Waals surface area contributed by atoms with Gasteiger partial charge in [0.25, 0.3) is 0 Å². The largest absolute Gasteiger partial charge is 0.497 e. The quantitative estimate of drug-likeness (QED) is 0.918. The lowest BCUT2D eigenvalue weighted by Crippen LogP contribution is -2.48. The van der Waals surface area contributed by atoms with Gasteiger partial charge in [-0.2, -0.15) is 4.31 Å². The molecule has 5 nitrogen and oxygen atoms in total. The molecule has 1 aromatic rings. The number of methoxy groups -OCH3 is 1. The van der Waals surface area contributed by atoms with Crippen LogP contribution in [0, 0.1) is 0 Å². The van der Waals surface area contributed by atoms with Gasteiger partial charge in [0.1, 0.15) is 5.75 Å². The van der Waals surface area contributed by atoms with Crippen LogP contribution < -0.4 is 10.1 Å². The number of ether oxygens (including phenoxy) is 1. The minimum absolute atomic E-state index is 0.0833. The first-order valence-corrected chi connectivity index (χ1v) is 8.83. The molecule has 6 heteroatoms. The number of sulfonamides is 1. The summed E-state index contributed by atoms with van der Waals surface area (Å²) in [6.07, 6.45) is 4.12. The molecule has 0 spiro atoms. The Morgan fingerprint density at radius 3 is 2.52 bits per heavy atom. The van der Waals surface area contributed by atoms with E-state index >= 15 is 0 Å². The molecule has 2 fully saturated rings. The number of rotatable bonds is 4. The Morgan fingerprint density at radius 1 is 1.24 bits per heavy atom. The van der Waals surface area contributed by atoms with Crippen molar-refractivity contribution in [2.45, 2.75) is 48.7 Å². The number of nitrogens with one attached hydrogen (secondary N) is 1. The van der Waals surface area contributed by atoms with Gasteiger partial charge < -0.3 is 10.1 Å². The molecule has 0 radical (unpaired) electrons. The van der Waals surface area contributed by atoms with E-state index in [9.17, 15) is 8.42 Å². The van der Waals surface area contributed by atoms with Crippen molar-refractivity contribution in [1.82, 2.24) is 9.62 Å². The summed E-state index contributed by atoms with van der Waals surface area (Å²) in [5, 5.41) is 3.54. The monoisotopic (exact) mass is 310 g/mol. The van der Waals surface area contributed by atoms with Crippen molar-refractivity contribution >= 4 is 10.0 Å². The third-order valence-electron chi connectivity index (χ3n) is 4.68. The molecular formula is C15H22N2O3S. The maximum Gasteiger partial charge on any atom is 0.243 e. The number of piperidine rings is 1. The molecule has 116 valence electrons. The molecule has 0 aromatic heterocycles. The van der Waals surface area contributed by atoms with Gasteiger partial charge in [0.15, 0.2) is 0 Å². The van der Waals surface area contributed by atoms with Crippen LogP contribution in [0.4, 0.5) is 0 Å². The van der Waals surface area contributed by atoms with E-state index in [0.29, 0.717) is 22.7 Å². The van der Waals surface area contributed by atoms with Crippen LogP contribution in [0.2, 0.25) is 0 Å². The highest BCUT2D eigenvalue weighted by molar-refractivity contribution is 7.89. The van der Waals surface area contributed by atoms with Crippen LogP contribution in [0.3, 0.4) is 0 Å². The van der Waals surface area contributed by atoms with E-state index in [1.54, 1.807) is 42.7 Å². The SMILES string of the molecule is COc1cccc(S(=O)(=O)N(C)C2CC3CCC(C2)N3)c1. The summed E-state index contributed by atoms with van der Waals surface area (Å²) in [7, 11) is -0.224. The van der Waals surface area contributed by atoms with Crippen LogP contribution in [-0.2, 0) is 10.0 Å². The van der Waals surface area contributed by atoms with Gasteiger partial charge in [-0.05, 0) is 37.8 Å². The summed E-state index contributed by atoms with van der Waals surface area (Å²) in [6, 6.07) is 7.70. The van der Waals surface area contributed by atoms with Crippen LogP contribution in [-0.4, -0.2) is 45.0 Å². The van der Waals surface area contributed by atoms with E-state index < -0.39 is 10.0 Å². The summed E-state index contributed by atoms with van der Waals surface area (Å²) < 4.78 is 32.2. The molecule has 2 aliphatic heterocycles. The maximum absolute atomic E-state index is 12.8. The smallest absolute Gasteiger partial charge is 0.243 e. The first kappa shape index (κ1) is 14.8. The molecule has 21 heavy (non-hydrogen) atoms. The zero-order chi connectivity index (χ0) is 15.0. The lowest BCUT2D eigenvalue weighted by atomic mass is 10.0. The average molecular weight is 310 g/mol. The summed E-state index contributed by atoms with van der Waals surface area (Å²) in [5.41, 5.74) is 0. The molecule has 2 atom stereocenters. The number of hydrogen-bond acceptors (Lipinski definition) is 4. The van der Waals surface area contributed by atoms with Gasteiger partial charge in [0, 0.05) is 31.2 Å². The first-order chi connectivity index (χ1) is 10.0. The minimum atomic E-state index is -3.46. The third kappa shape index (κ3) is 2.80. The fourth-order valence-electron chi connectivity index (χ4n) is 3.45. The Hall–Kier alpha value is -1.11. The maximum atomic E-state index is 12.8. The van der Waals surface area contributed by atoms with Crippen LogP contribution in [0.5, 0.6) is 5.75 Å². The Bertz CT molecular complexity index is 605. The lowest BCUT2D eigenvalue weighted by molar-refractivity contribution is 0.251. The van der Waals surface area contributed by atoms with Crippen LogP contribution in [0.25, 0.3) is 0 Å². The Kier molecular flexibility index (Phi) is 3.94. The summed E-state index contributed by atoms with van der Waals surface area (Å²) in [4.78, 5) is 0.301. The van der Waals surface area contributed by atoms with Gasteiger partial charge in [-0.25, -0.2) is 8.42 Å². The second-order valence-corrected chi connectivity index (χ2v) is 7.96. The molecular weight excluding hydrogens is 288 g/mol. The normalized spacial score (nSPS) is 28.8. The van der Waals surface area contributed by atoms with Crippen molar-refractivity contribution < 1.29 is 13.2 Å². The zero-order valence-corrected chi connectivity index (χ0v) is 13.3. The summed E-state index contributed by atoms with van der Waals surface area (Å²) >= 11 is 0.